The van der Waals surface area contributed by atoms with Crippen LogP contribution < -0.4 is 4.72 Å². The Bertz CT molecular complexity index is 1050. The van der Waals surface area contributed by atoms with Crippen LogP contribution in [0.15, 0.2) is 63.3 Å². The molecule has 148 valence electrons. The van der Waals surface area contributed by atoms with Crippen molar-refractivity contribution in [3.63, 3.8) is 0 Å². The highest BCUT2D eigenvalue weighted by Crippen LogP contribution is 2.31. The SMILES string of the molecule is O=S(=O)(NCCc1csc(-c2ccc(C(F)(F)F)cc2)n1)c1ccc(Br)cc1. The highest BCUT2D eigenvalue weighted by Gasteiger charge is 2.30. The summed E-state index contributed by atoms with van der Waals surface area (Å²) in [7, 11) is -3.61. The third-order valence-electron chi connectivity index (χ3n) is 3.81. The van der Waals surface area contributed by atoms with Gasteiger partial charge < -0.3 is 0 Å². The number of halogens is 4. The maximum Gasteiger partial charge on any atom is 0.416 e. The highest BCUT2D eigenvalue weighted by molar-refractivity contribution is 9.10. The van der Waals surface area contributed by atoms with Gasteiger partial charge in [0.05, 0.1) is 16.2 Å². The molecule has 2 aromatic carbocycles. The predicted octanol–water partition coefficient (Wildman–Crippen LogP) is 5.11. The molecule has 0 radical (unpaired) electrons. The van der Waals surface area contributed by atoms with Gasteiger partial charge in [0.2, 0.25) is 10.0 Å². The van der Waals surface area contributed by atoms with Gasteiger partial charge in [-0.05, 0) is 36.4 Å². The molecule has 1 aromatic heterocycles. The third-order valence-corrected chi connectivity index (χ3v) is 6.75. The van der Waals surface area contributed by atoms with E-state index < -0.39 is 21.8 Å². The van der Waals surface area contributed by atoms with Crippen molar-refractivity contribution in [3.05, 3.63) is 69.6 Å². The van der Waals surface area contributed by atoms with E-state index in [-0.39, 0.29) is 11.4 Å². The van der Waals surface area contributed by atoms with Crippen LogP contribution in [0.1, 0.15) is 11.3 Å². The Hall–Kier alpha value is -1.75. The minimum absolute atomic E-state index is 0.161. The molecule has 1 heterocycles. The Morgan fingerprint density at radius 2 is 1.68 bits per heavy atom. The van der Waals surface area contributed by atoms with E-state index >= 15 is 0 Å². The molecule has 0 fully saturated rings. The number of rotatable bonds is 6. The fraction of sp³-hybridized carbons (Fsp3) is 0.167. The second kappa shape index (κ2) is 8.32. The van der Waals surface area contributed by atoms with Crippen molar-refractivity contribution >= 4 is 37.3 Å². The van der Waals surface area contributed by atoms with Crippen LogP contribution in [0.4, 0.5) is 13.2 Å². The molecule has 0 aliphatic rings. The summed E-state index contributed by atoms with van der Waals surface area (Å²) >= 11 is 4.55. The Kier molecular flexibility index (Phi) is 6.23. The first-order chi connectivity index (χ1) is 13.1. The quantitative estimate of drug-likeness (QED) is 0.522. The third kappa shape index (κ3) is 5.19. The van der Waals surface area contributed by atoms with E-state index in [0.29, 0.717) is 22.7 Å². The lowest BCUT2D eigenvalue weighted by atomic mass is 10.1. The monoisotopic (exact) mass is 490 g/mol. The summed E-state index contributed by atoms with van der Waals surface area (Å²) in [5.74, 6) is 0. The van der Waals surface area contributed by atoms with Crippen molar-refractivity contribution in [1.29, 1.82) is 0 Å². The molecule has 10 heteroatoms. The first-order valence-electron chi connectivity index (χ1n) is 8.02. The fourth-order valence-corrected chi connectivity index (χ4v) is 4.52. The topological polar surface area (TPSA) is 59.1 Å². The highest BCUT2D eigenvalue weighted by atomic mass is 79.9. The van der Waals surface area contributed by atoms with Crippen molar-refractivity contribution in [2.24, 2.45) is 0 Å². The molecule has 0 aliphatic carbocycles. The van der Waals surface area contributed by atoms with Gasteiger partial charge in [-0.3, -0.25) is 0 Å². The number of hydrogen-bond acceptors (Lipinski definition) is 4. The minimum Gasteiger partial charge on any atom is -0.241 e. The summed E-state index contributed by atoms with van der Waals surface area (Å²) in [6, 6.07) is 11.1. The number of benzene rings is 2. The molecule has 0 spiro atoms. The number of nitrogens with one attached hydrogen (secondary N) is 1. The van der Waals surface area contributed by atoms with E-state index in [1.165, 1.54) is 35.6 Å². The first kappa shape index (κ1) is 21.0. The standard InChI is InChI=1S/C18H14BrF3N2O2S2/c19-14-5-7-16(8-6-14)28(25,26)23-10-9-15-11-27-17(24-15)12-1-3-13(4-2-12)18(20,21)22/h1-8,11,23H,9-10H2. The summed E-state index contributed by atoms with van der Waals surface area (Å²) in [4.78, 5) is 4.54. The maximum absolute atomic E-state index is 12.6. The lowest BCUT2D eigenvalue weighted by Gasteiger charge is -2.06. The number of alkyl halides is 3. The summed E-state index contributed by atoms with van der Waals surface area (Å²) < 4.78 is 65.7. The fourth-order valence-electron chi connectivity index (χ4n) is 2.37. The smallest absolute Gasteiger partial charge is 0.241 e. The second-order valence-electron chi connectivity index (χ2n) is 5.82. The van der Waals surface area contributed by atoms with E-state index in [9.17, 15) is 21.6 Å². The predicted molar refractivity (Wildman–Crippen MR) is 106 cm³/mol. The number of nitrogens with zero attached hydrogens (tertiary/aromatic N) is 1. The Labute approximate surface area is 172 Å². The average molecular weight is 491 g/mol. The average Bonchev–Trinajstić information content (AvgIpc) is 3.10. The van der Waals surface area contributed by atoms with Crippen molar-refractivity contribution in [2.45, 2.75) is 17.5 Å². The molecule has 0 aliphatic heterocycles. The van der Waals surface area contributed by atoms with Crippen molar-refractivity contribution in [2.75, 3.05) is 6.54 Å². The molecule has 0 unspecified atom stereocenters. The molecule has 0 amide bonds. The van der Waals surface area contributed by atoms with Crippen LogP contribution >= 0.6 is 27.3 Å². The van der Waals surface area contributed by atoms with Crippen LogP contribution in [0.3, 0.4) is 0 Å². The molecule has 4 nitrogen and oxygen atoms in total. The van der Waals surface area contributed by atoms with Gasteiger partial charge in [-0.2, -0.15) is 13.2 Å². The second-order valence-corrected chi connectivity index (χ2v) is 9.36. The molecule has 0 saturated heterocycles. The Morgan fingerprint density at radius 3 is 2.29 bits per heavy atom. The summed E-state index contributed by atoms with van der Waals surface area (Å²) in [6.07, 6.45) is -4.01. The van der Waals surface area contributed by atoms with Gasteiger partial charge in [-0.15, -0.1) is 11.3 Å². The molecule has 0 atom stereocenters. The van der Waals surface area contributed by atoms with Crippen LogP contribution in [0.25, 0.3) is 10.6 Å². The lowest BCUT2D eigenvalue weighted by Crippen LogP contribution is -2.26. The van der Waals surface area contributed by atoms with Gasteiger partial charge in [-0.1, -0.05) is 28.1 Å². The van der Waals surface area contributed by atoms with Crippen LogP contribution in [0.2, 0.25) is 0 Å². The first-order valence-corrected chi connectivity index (χ1v) is 11.2. The largest absolute Gasteiger partial charge is 0.416 e. The summed E-state index contributed by atoms with van der Waals surface area (Å²) in [5, 5.41) is 2.35. The van der Waals surface area contributed by atoms with Crippen LogP contribution in [0, 0.1) is 0 Å². The Morgan fingerprint density at radius 1 is 1.04 bits per heavy atom. The maximum atomic E-state index is 12.6. The van der Waals surface area contributed by atoms with Crippen LogP contribution in [-0.4, -0.2) is 19.9 Å². The van der Waals surface area contributed by atoms with Crippen LogP contribution in [-0.2, 0) is 22.6 Å². The summed E-state index contributed by atoms with van der Waals surface area (Å²) in [5.41, 5.74) is 0.536. The summed E-state index contributed by atoms with van der Waals surface area (Å²) in [6.45, 7) is 0.161. The van der Waals surface area contributed by atoms with E-state index in [0.717, 1.165) is 16.6 Å². The number of sulfonamides is 1. The molecule has 3 aromatic rings. The van der Waals surface area contributed by atoms with E-state index in [2.05, 4.69) is 25.6 Å². The van der Waals surface area contributed by atoms with E-state index in [1.807, 2.05) is 0 Å². The molecule has 1 N–H and O–H groups in total. The molecule has 0 bridgehead atoms. The normalized spacial score (nSPS) is 12.3. The number of hydrogen-bond donors (Lipinski definition) is 1. The van der Waals surface area contributed by atoms with Gasteiger partial charge in [0.15, 0.2) is 0 Å². The van der Waals surface area contributed by atoms with Gasteiger partial charge in [0.1, 0.15) is 5.01 Å². The molecule has 0 saturated carbocycles. The van der Waals surface area contributed by atoms with Crippen molar-refractivity contribution < 1.29 is 21.6 Å². The van der Waals surface area contributed by atoms with Crippen molar-refractivity contribution in [1.82, 2.24) is 9.71 Å². The lowest BCUT2D eigenvalue weighted by molar-refractivity contribution is -0.137. The zero-order valence-electron chi connectivity index (χ0n) is 14.2. The van der Waals surface area contributed by atoms with Gasteiger partial charge in [0, 0.05) is 28.4 Å². The van der Waals surface area contributed by atoms with E-state index in [1.54, 1.807) is 17.5 Å². The number of thiazole rings is 1. The van der Waals surface area contributed by atoms with Crippen molar-refractivity contribution in [3.8, 4) is 10.6 Å². The zero-order valence-corrected chi connectivity index (χ0v) is 17.4. The number of aromatic nitrogens is 1. The van der Waals surface area contributed by atoms with Gasteiger partial charge >= 0.3 is 6.18 Å². The van der Waals surface area contributed by atoms with E-state index in [4.69, 9.17) is 0 Å². The van der Waals surface area contributed by atoms with Gasteiger partial charge in [-0.25, -0.2) is 18.1 Å². The Balaban J connectivity index is 1.61. The molecule has 28 heavy (non-hydrogen) atoms. The van der Waals surface area contributed by atoms with Crippen LogP contribution in [0.5, 0.6) is 0 Å². The molecular weight excluding hydrogens is 477 g/mol. The molecule has 3 rings (SSSR count). The zero-order chi connectivity index (χ0) is 20.4. The van der Waals surface area contributed by atoms with Gasteiger partial charge in [0.25, 0.3) is 0 Å². The minimum atomic E-state index is -4.38. The molecular formula is C18H14BrF3N2O2S2.